The first kappa shape index (κ1) is 29.7. The van der Waals surface area contributed by atoms with E-state index in [0.717, 1.165) is 29.7 Å². The number of fused-ring (bicyclic) bond motifs is 1. The monoisotopic (exact) mass is 600 g/mol. The summed E-state index contributed by atoms with van der Waals surface area (Å²) in [6.07, 6.45) is 5.16. The van der Waals surface area contributed by atoms with Gasteiger partial charge < -0.3 is 19.0 Å². The number of ether oxygens (including phenoxy) is 2. The number of aliphatic hydroxyl groups excluding tert-OH is 1. The third kappa shape index (κ3) is 5.43. The Morgan fingerprint density at radius 3 is 2.56 bits per heavy atom. The topological polar surface area (TPSA) is 123 Å². The Morgan fingerprint density at radius 1 is 1.14 bits per heavy atom. The summed E-state index contributed by atoms with van der Waals surface area (Å²) in [5, 5.41) is 11.8. The highest BCUT2D eigenvalue weighted by Crippen LogP contribution is 2.44. The van der Waals surface area contributed by atoms with Crippen molar-refractivity contribution in [3.63, 3.8) is 0 Å². The van der Waals surface area contributed by atoms with Gasteiger partial charge in [-0.05, 0) is 56.5 Å². The number of aliphatic hydroxyl groups is 1. The molecule has 4 heterocycles. The molecule has 1 aromatic carbocycles. The fourth-order valence-electron chi connectivity index (χ4n) is 4.97. The fraction of sp³-hybridized carbons (Fsp3) is 0.281. The van der Waals surface area contributed by atoms with Crippen molar-refractivity contribution in [2.75, 3.05) is 18.1 Å². The number of aryl methyl sites for hydroxylation is 3. The Kier molecular flexibility index (Phi) is 8.45. The number of pyridine rings is 1. The number of rotatable bonds is 10. The van der Waals surface area contributed by atoms with Gasteiger partial charge >= 0.3 is 11.9 Å². The second-order valence-electron chi connectivity index (χ2n) is 10.2. The predicted molar refractivity (Wildman–Crippen MR) is 164 cm³/mol. The van der Waals surface area contributed by atoms with E-state index >= 15 is 0 Å². The van der Waals surface area contributed by atoms with Crippen molar-refractivity contribution in [2.24, 2.45) is 0 Å². The van der Waals surface area contributed by atoms with Crippen LogP contribution in [0.25, 0.3) is 11.4 Å². The van der Waals surface area contributed by atoms with E-state index in [1.807, 2.05) is 29.7 Å². The number of anilines is 1. The number of amides is 1. The zero-order valence-electron chi connectivity index (χ0n) is 24.4. The van der Waals surface area contributed by atoms with Gasteiger partial charge in [-0.2, -0.15) is 0 Å². The van der Waals surface area contributed by atoms with Gasteiger partial charge in [0.05, 0.1) is 29.6 Å². The zero-order valence-corrected chi connectivity index (χ0v) is 25.2. The van der Waals surface area contributed by atoms with E-state index in [2.05, 4.69) is 23.5 Å². The van der Waals surface area contributed by atoms with Crippen LogP contribution in [0, 0.1) is 20.8 Å². The summed E-state index contributed by atoms with van der Waals surface area (Å²) in [6.45, 7) is 11.5. The molecule has 10 nitrogen and oxygen atoms in total. The van der Waals surface area contributed by atoms with Crippen LogP contribution < -0.4 is 9.64 Å². The average Bonchev–Trinajstić information content (AvgIpc) is 3.63. The van der Waals surface area contributed by atoms with Gasteiger partial charge in [-0.15, -0.1) is 0 Å². The summed E-state index contributed by atoms with van der Waals surface area (Å²) in [4.78, 5) is 50.6. The summed E-state index contributed by atoms with van der Waals surface area (Å²) in [7, 11) is 0. The molecule has 1 fully saturated rings. The molecule has 11 heteroatoms. The maximum absolute atomic E-state index is 13.7. The third-order valence-corrected chi connectivity index (χ3v) is 8.36. The van der Waals surface area contributed by atoms with E-state index in [1.54, 1.807) is 38.1 Å². The molecule has 1 aliphatic rings. The lowest BCUT2D eigenvalue weighted by Gasteiger charge is -2.23. The van der Waals surface area contributed by atoms with Crippen molar-refractivity contribution in [1.29, 1.82) is 0 Å². The minimum absolute atomic E-state index is 0.0144. The molecular weight excluding hydrogens is 568 g/mol. The minimum Gasteiger partial charge on any atom is -0.505 e. The van der Waals surface area contributed by atoms with Gasteiger partial charge in [0.2, 0.25) is 0 Å². The Labute approximate surface area is 252 Å². The van der Waals surface area contributed by atoms with E-state index in [4.69, 9.17) is 9.47 Å². The Balaban J connectivity index is 1.66. The molecule has 1 aliphatic heterocycles. The number of imidazole rings is 1. The summed E-state index contributed by atoms with van der Waals surface area (Å²) < 4.78 is 12.8. The van der Waals surface area contributed by atoms with Crippen LogP contribution in [0.2, 0.25) is 0 Å². The van der Waals surface area contributed by atoms with Crippen LogP contribution in [0.3, 0.4) is 0 Å². The lowest BCUT2D eigenvalue weighted by atomic mass is 9.96. The number of carbonyl (C=O) groups is 3. The number of Topliss-reactive ketones (excluding diaryl/α,β-unsaturated/α-hetero) is 1. The van der Waals surface area contributed by atoms with Gasteiger partial charge in [0.1, 0.15) is 28.6 Å². The molecule has 0 aliphatic carbocycles. The van der Waals surface area contributed by atoms with E-state index in [1.165, 1.54) is 11.0 Å². The van der Waals surface area contributed by atoms with Crippen LogP contribution in [0.5, 0.6) is 5.75 Å². The Bertz CT molecular complexity index is 1770. The molecule has 3 aromatic heterocycles. The number of thiazole rings is 1. The third-order valence-electron chi connectivity index (χ3n) is 7.22. The summed E-state index contributed by atoms with van der Waals surface area (Å²) in [5.41, 5.74) is 3.08. The summed E-state index contributed by atoms with van der Waals surface area (Å²) in [5.74, 6) is -2.14. The highest BCUT2D eigenvalue weighted by Gasteiger charge is 2.49. The molecule has 1 atom stereocenters. The summed E-state index contributed by atoms with van der Waals surface area (Å²) >= 11 is 0.939. The van der Waals surface area contributed by atoms with Crippen LogP contribution in [-0.4, -0.2) is 50.3 Å². The highest BCUT2D eigenvalue weighted by molar-refractivity contribution is 7.17. The molecule has 222 valence electrons. The molecule has 43 heavy (non-hydrogen) atoms. The van der Waals surface area contributed by atoms with Crippen molar-refractivity contribution in [3.05, 3.63) is 93.9 Å². The minimum atomic E-state index is -1.04. The Hall–Kier alpha value is -4.77. The molecule has 0 radical (unpaired) electrons. The lowest BCUT2D eigenvalue weighted by molar-refractivity contribution is -0.132. The first-order valence-corrected chi connectivity index (χ1v) is 14.7. The molecule has 0 bridgehead atoms. The lowest BCUT2D eigenvalue weighted by Crippen LogP contribution is -2.29. The van der Waals surface area contributed by atoms with Crippen molar-refractivity contribution < 1.29 is 29.0 Å². The number of unbranched alkanes of at least 4 members (excludes halogenated alkanes) is 1. The molecule has 1 saturated heterocycles. The first-order chi connectivity index (χ1) is 20.7. The van der Waals surface area contributed by atoms with Crippen LogP contribution in [-0.2, 0) is 14.3 Å². The standard InChI is InChI=1S/C32H32N4O6S/c1-6-8-17-41-22-13-11-21(12-14-22)25-23(26(37)24-20(5)35-15-9-10-18(3)29(35)34-24)27(38)30(39)36(25)32-33-19(4)28(43-32)31(40)42-16-7-2/h7,9-15,25,37H,2,6,8,16-17H2,1,3-5H3/b26-23+. The van der Waals surface area contributed by atoms with E-state index in [9.17, 15) is 19.5 Å². The van der Waals surface area contributed by atoms with Gasteiger partial charge in [0.25, 0.3) is 5.78 Å². The molecule has 4 aromatic rings. The van der Waals surface area contributed by atoms with Gasteiger partial charge in [-0.25, -0.2) is 14.8 Å². The average molecular weight is 601 g/mol. The van der Waals surface area contributed by atoms with Gasteiger partial charge in [-0.3, -0.25) is 14.5 Å². The maximum Gasteiger partial charge on any atom is 0.350 e. The number of ketones is 1. The second-order valence-corrected chi connectivity index (χ2v) is 11.1. The molecule has 1 N–H and O–H groups in total. The van der Waals surface area contributed by atoms with E-state index in [0.29, 0.717) is 35.0 Å². The van der Waals surface area contributed by atoms with Gasteiger partial charge in [0.15, 0.2) is 10.9 Å². The number of esters is 1. The molecular formula is C32H32N4O6S. The number of nitrogens with zero attached hydrogens (tertiary/aromatic N) is 4. The molecule has 1 amide bonds. The van der Waals surface area contributed by atoms with E-state index in [-0.39, 0.29) is 27.9 Å². The SMILES string of the molecule is C=CCOC(=O)c1sc(N2C(=O)C(=O)/C(=C(/O)c3nc4c(C)cccn4c3C)C2c2ccc(OCCCC)cc2)nc1C. The quantitative estimate of drug-likeness (QED) is 0.0599. The van der Waals surface area contributed by atoms with Crippen LogP contribution >= 0.6 is 11.3 Å². The van der Waals surface area contributed by atoms with Crippen molar-refractivity contribution in [1.82, 2.24) is 14.4 Å². The smallest absolute Gasteiger partial charge is 0.350 e. The van der Waals surface area contributed by atoms with Crippen LogP contribution in [0.4, 0.5) is 5.13 Å². The second kappa shape index (κ2) is 12.2. The maximum atomic E-state index is 13.7. The van der Waals surface area contributed by atoms with Crippen molar-refractivity contribution in [2.45, 2.75) is 46.6 Å². The zero-order chi connectivity index (χ0) is 30.8. The predicted octanol–water partition coefficient (Wildman–Crippen LogP) is 5.86. The highest BCUT2D eigenvalue weighted by atomic mass is 32.1. The fourth-order valence-corrected chi connectivity index (χ4v) is 5.96. The normalized spacial score (nSPS) is 16.2. The number of carbonyl (C=O) groups excluding carboxylic acids is 3. The number of aromatic nitrogens is 3. The van der Waals surface area contributed by atoms with Gasteiger partial charge in [0, 0.05) is 6.20 Å². The molecule has 0 saturated carbocycles. The Morgan fingerprint density at radius 2 is 1.88 bits per heavy atom. The van der Waals surface area contributed by atoms with Crippen LogP contribution in [0.15, 0.2) is 60.8 Å². The number of hydrogen-bond acceptors (Lipinski definition) is 9. The molecule has 0 spiro atoms. The van der Waals surface area contributed by atoms with E-state index < -0.39 is 29.5 Å². The van der Waals surface area contributed by atoms with Crippen molar-refractivity contribution in [3.8, 4) is 5.75 Å². The van der Waals surface area contributed by atoms with Crippen molar-refractivity contribution >= 4 is 45.5 Å². The number of hydrogen-bond donors (Lipinski definition) is 1. The first-order valence-electron chi connectivity index (χ1n) is 13.9. The molecule has 5 rings (SSSR count). The largest absolute Gasteiger partial charge is 0.505 e. The van der Waals surface area contributed by atoms with Crippen LogP contribution in [0.1, 0.15) is 63.7 Å². The molecule has 1 unspecified atom stereocenters. The summed E-state index contributed by atoms with van der Waals surface area (Å²) in [6, 6.07) is 9.74. The number of benzene rings is 1. The van der Waals surface area contributed by atoms with Gasteiger partial charge in [-0.1, -0.05) is 55.5 Å².